The molecule has 1 aromatic heterocycles. The zero-order chi connectivity index (χ0) is 9.10. The molecule has 0 bridgehead atoms. The zero-order valence-corrected chi connectivity index (χ0v) is 8.88. The van der Waals surface area contributed by atoms with Crippen LogP contribution in [0.4, 0.5) is 0 Å². The molecule has 13 heavy (non-hydrogen) atoms. The first-order valence-corrected chi connectivity index (χ1v) is 5.75. The number of nitrogens with zero attached hydrogens (tertiary/aromatic N) is 4. The standard InChI is InChI=1S/C7H10N4S2/c1-10-4-9-11(6-10)13-3-7-2-12-5-8-7/h2,4-5H,3,6H2,1H3. The summed E-state index contributed by atoms with van der Waals surface area (Å²) in [5, 5.41) is 6.25. The van der Waals surface area contributed by atoms with E-state index >= 15 is 0 Å². The molecule has 1 aromatic rings. The van der Waals surface area contributed by atoms with Crippen LogP contribution < -0.4 is 0 Å². The SMILES string of the molecule is CN1C=NN(SCc2cscn2)C1. The van der Waals surface area contributed by atoms with Crippen molar-refractivity contribution in [3.63, 3.8) is 0 Å². The van der Waals surface area contributed by atoms with Crippen molar-refractivity contribution < 1.29 is 0 Å². The van der Waals surface area contributed by atoms with Crippen LogP contribution in [0.2, 0.25) is 0 Å². The van der Waals surface area contributed by atoms with E-state index in [1.54, 1.807) is 23.3 Å². The van der Waals surface area contributed by atoms with E-state index in [0.717, 1.165) is 18.1 Å². The Labute approximate surface area is 85.4 Å². The monoisotopic (exact) mass is 214 g/mol. The van der Waals surface area contributed by atoms with Gasteiger partial charge in [-0.2, -0.15) is 5.10 Å². The van der Waals surface area contributed by atoms with Gasteiger partial charge in [-0.05, 0) is 11.9 Å². The van der Waals surface area contributed by atoms with Crippen LogP contribution in [0.5, 0.6) is 0 Å². The van der Waals surface area contributed by atoms with Crippen molar-refractivity contribution >= 4 is 29.6 Å². The summed E-state index contributed by atoms with van der Waals surface area (Å²) in [6, 6.07) is 0. The second kappa shape index (κ2) is 3.97. The number of hydrogen-bond donors (Lipinski definition) is 0. The topological polar surface area (TPSA) is 31.7 Å². The van der Waals surface area contributed by atoms with Gasteiger partial charge < -0.3 is 4.90 Å². The Morgan fingerprint density at radius 3 is 3.23 bits per heavy atom. The molecule has 0 fully saturated rings. The Morgan fingerprint density at radius 1 is 1.69 bits per heavy atom. The highest BCUT2D eigenvalue weighted by Crippen LogP contribution is 2.19. The number of rotatable bonds is 3. The summed E-state index contributed by atoms with van der Waals surface area (Å²) >= 11 is 3.31. The molecule has 70 valence electrons. The van der Waals surface area contributed by atoms with Crippen molar-refractivity contribution in [3.8, 4) is 0 Å². The molecule has 0 N–H and O–H groups in total. The first-order valence-electron chi connectivity index (χ1n) is 3.86. The van der Waals surface area contributed by atoms with Gasteiger partial charge in [0.1, 0.15) is 13.0 Å². The van der Waals surface area contributed by atoms with Crippen molar-refractivity contribution in [3.05, 3.63) is 16.6 Å². The summed E-state index contributed by atoms with van der Waals surface area (Å²) in [6.07, 6.45) is 1.83. The molecule has 0 unspecified atom stereocenters. The maximum Gasteiger partial charge on any atom is 0.120 e. The van der Waals surface area contributed by atoms with E-state index in [1.165, 1.54) is 0 Å². The number of hydrazone groups is 1. The molecular weight excluding hydrogens is 204 g/mol. The summed E-state index contributed by atoms with van der Waals surface area (Å²) < 4.78 is 1.96. The average Bonchev–Trinajstić information content (AvgIpc) is 2.71. The smallest absolute Gasteiger partial charge is 0.120 e. The highest BCUT2D eigenvalue weighted by atomic mass is 32.2. The lowest BCUT2D eigenvalue weighted by molar-refractivity contribution is 0.404. The molecule has 0 saturated heterocycles. The van der Waals surface area contributed by atoms with Gasteiger partial charge >= 0.3 is 0 Å². The third-order valence-electron chi connectivity index (χ3n) is 1.57. The molecule has 0 aromatic carbocycles. The van der Waals surface area contributed by atoms with Gasteiger partial charge in [0.05, 0.1) is 17.0 Å². The Kier molecular flexibility index (Phi) is 2.70. The Balaban J connectivity index is 1.78. The molecule has 0 aliphatic carbocycles. The average molecular weight is 214 g/mol. The quantitative estimate of drug-likeness (QED) is 0.713. The predicted molar refractivity (Wildman–Crippen MR) is 56.4 cm³/mol. The summed E-state index contributed by atoms with van der Waals surface area (Å²) in [5.74, 6) is 0.898. The highest BCUT2D eigenvalue weighted by molar-refractivity contribution is 7.96. The van der Waals surface area contributed by atoms with E-state index in [-0.39, 0.29) is 0 Å². The molecule has 0 radical (unpaired) electrons. The summed E-state index contributed by atoms with van der Waals surface area (Å²) in [6.45, 7) is 0.856. The summed E-state index contributed by atoms with van der Waals surface area (Å²) in [7, 11) is 2.01. The number of hydrogen-bond acceptors (Lipinski definition) is 6. The fraction of sp³-hybridized carbons (Fsp3) is 0.429. The maximum atomic E-state index is 4.20. The highest BCUT2D eigenvalue weighted by Gasteiger charge is 2.10. The van der Waals surface area contributed by atoms with Crippen molar-refractivity contribution in [2.45, 2.75) is 5.75 Å². The molecule has 0 amide bonds. The van der Waals surface area contributed by atoms with Crippen LogP contribution in [-0.2, 0) is 5.75 Å². The second-order valence-electron chi connectivity index (χ2n) is 2.73. The van der Waals surface area contributed by atoms with Crippen LogP contribution in [0.15, 0.2) is 16.0 Å². The molecule has 0 atom stereocenters. The van der Waals surface area contributed by atoms with E-state index in [0.29, 0.717) is 0 Å². The first kappa shape index (κ1) is 8.83. The minimum atomic E-state index is 0.856. The predicted octanol–water partition coefficient (Wildman–Crippen LogP) is 1.44. The normalized spacial score (nSPS) is 15.8. The van der Waals surface area contributed by atoms with Gasteiger partial charge in [0.15, 0.2) is 0 Å². The van der Waals surface area contributed by atoms with Crippen molar-refractivity contribution in [1.29, 1.82) is 0 Å². The fourth-order valence-electron chi connectivity index (χ4n) is 0.933. The van der Waals surface area contributed by atoms with Gasteiger partial charge in [0, 0.05) is 12.4 Å². The summed E-state index contributed by atoms with van der Waals surface area (Å²) in [5.41, 5.74) is 2.98. The van der Waals surface area contributed by atoms with E-state index in [4.69, 9.17) is 0 Å². The van der Waals surface area contributed by atoms with Gasteiger partial charge in [-0.15, -0.1) is 11.3 Å². The fourth-order valence-corrected chi connectivity index (χ4v) is 2.41. The first-order chi connectivity index (χ1) is 6.34. The van der Waals surface area contributed by atoms with Crippen molar-refractivity contribution in [2.24, 2.45) is 5.10 Å². The van der Waals surface area contributed by atoms with E-state index in [2.05, 4.69) is 15.5 Å². The lowest BCUT2D eigenvalue weighted by Gasteiger charge is -2.12. The van der Waals surface area contributed by atoms with Crippen molar-refractivity contribution in [2.75, 3.05) is 13.7 Å². The van der Waals surface area contributed by atoms with Gasteiger partial charge in [0.25, 0.3) is 0 Å². The van der Waals surface area contributed by atoms with E-state index in [1.807, 2.05) is 28.2 Å². The van der Waals surface area contributed by atoms with Crippen LogP contribution in [-0.4, -0.2) is 34.4 Å². The lowest BCUT2D eigenvalue weighted by Crippen LogP contribution is -2.18. The van der Waals surface area contributed by atoms with Crippen LogP contribution in [0, 0.1) is 0 Å². The molecule has 2 heterocycles. The molecule has 0 spiro atoms. The minimum Gasteiger partial charge on any atom is -0.344 e. The van der Waals surface area contributed by atoms with Crippen LogP contribution in [0.3, 0.4) is 0 Å². The van der Waals surface area contributed by atoms with Gasteiger partial charge in [0.2, 0.25) is 0 Å². The third-order valence-corrected chi connectivity index (χ3v) is 3.13. The molecule has 1 aliphatic heterocycles. The molecule has 0 saturated carbocycles. The largest absolute Gasteiger partial charge is 0.344 e. The van der Waals surface area contributed by atoms with Crippen molar-refractivity contribution in [1.82, 2.24) is 14.3 Å². The Bertz CT molecular complexity index is 285. The van der Waals surface area contributed by atoms with Crippen LogP contribution in [0.1, 0.15) is 5.69 Å². The van der Waals surface area contributed by atoms with E-state index in [9.17, 15) is 0 Å². The maximum absolute atomic E-state index is 4.20. The lowest BCUT2D eigenvalue weighted by atomic mass is 10.6. The Morgan fingerprint density at radius 2 is 2.62 bits per heavy atom. The number of thiazole rings is 1. The van der Waals surface area contributed by atoms with Gasteiger partial charge in [-0.1, -0.05) is 0 Å². The molecule has 6 heteroatoms. The molecule has 2 rings (SSSR count). The third kappa shape index (κ3) is 2.35. The molecule has 1 aliphatic rings. The van der Waals surface area contributed by atoms with Crippen LogP contribution >= 0.6 is 23.3 Å². The van der Waals surface area contributed by atoms with Crippen LogP contribution in [0.25, 0.3) is 0 Å². The van der Waals surface area contributed by atoms with Gasteiger partial charge in [-0.25, -0.2) is 9.40 Å². The molecular formula is C7H10N4S2. The Hall–Kier alpha value is -0.750. The van der Waals surface area contributed by atoms with Gasteiger partial charge in [-0.3, -0.25) is 0 Å². The second-order valence-corrected chi connectivity index (χ2v) is 4.42. The zero-order valence-electron chi connectivity index (χ0n) is 7.25. The molecule has 4 nitrogen and oxygen atoms in total. The van der Waals surface area contributed by atoms with E-state index < -0.39 is 0 Å². The summed E-state index contributed by atoms with van der Waals surface area (Å²) in [4.78, 5) is 6.24. The minimum absolute atomic E-state index is 0.856. The number of aromatic nitrogens is 1.